The van der Waals surface area contributed by atoms with E-state index in [9.17, 15) is 9.18 Å². The van der Waals surface area contributed by atoms with Crippen molar-refractivity contribution in [1.82, 2.24) is 10.3 Å². The fraction of sp³-hybridized carbons (Fsp3) is 0.154. The van der Waals surface area contributed by atoms with Crippen molar-refractivity contribution in [3.05, 3.63) is 58.1 Å². The first kappa shape index (κ1) is 12.6. The van der Waals surface area contributed by atoms with E-state index in [1.54, 1.807) is 19.1 Å². The lowest BCUT2D eigenvalue weighted by atomic mass is 10.1. The smallest absolute Gasteiger partial charge is 0.268 e. The first-order valence-electron chi connectivity index (χ1n) is 5.43. The maximum absolute atomic E-state index is 13.3. The zero-order valence-electron chi connectivity index (χ0n) is 9.76. The zero-order chi connectivity index (χ0) is 13.1. The normalized spacial score (nSPS) is 10.4. The Hall–Kier alpha value is -1.81. The Morgan fingerprint density at radius 2 is 2.22 bits per heavy atom. The fourth-order valence-corrected chi connectivity index (χ4v) is 1.69. The van der Waals surface area contributed by atoms with Gasteiger partial charge < -0.3 is 10.3 Å². The molecule has 1 amide bonds. The lowest BCUT2D eigenvalue weighted by Gasteiger charge is -2.05. The molecule has 94 valence electrons. The van der Waals surface area contributed by atoms with Gasteiger partial charge >= 0.3 is 0 Å². The summed E-state index contributed by atoms with van der Waals surface area (Å²) < 4.78 is 13.3. The number of aromatic nitrogens is 1. The average molecular weight is 267 g/mol. The highest BCUT2D eigenvalue weighted by Crippen LogP contribution is 2.11. The van der Waals surface area contributed by atoms with Crippen molar-refractivity contribution in [2.45, 2.75) is 13.5 Å². The zero-order valence-corrected chi connectivity index (χ0v) is 10.5. The number of hydrogen-bond donors (Lipinski definition) is 2. The fourth-order valence-electron chi connectivity index (χ4n) is 1.52. The molecule has 1 aromatic heterocycles. The van der Waals surface area contributed by atoms with E-state index in [0.717, 1.165) is 0 Å². The predicted molar refractivity (Wildman–Crippen MR) is 68.1 cm³/mol. The maximum atomic E-state index is 13.3. The standard InChI is InChI=1S/C13H12ClFN2O/c1-8-2-3-9(4-11(8)15)6-17-13(18)12-5-10(14)7-16-12/h2-5,7,16H,6H2,1H3,(H,17,18). The Bertz CT molecular complexity index is 580. The van der Waals surface area contributed by atoms with E-state index in [1.165, 1.54) is 18.3 Å². The number of halogens is 2. The van der Waals surface area contributed by atoms with Crippen molar-refractivity contribution in [2.75, 3.05) is 0 Å². The molecule has 3 nitrogen and oxygen atoms in total. The van der Waals surface area contributed by atoms with E-state index in [2.05, 4.69) is 10.3 Å². The van der Waals surface area contributed by atoms with Gasteiger partial charge in [-0.2, -0.15) is 0 Å². The Labute approximate surface area is 109 Å². The number of rotatable bonds is 3. The molecule has 0 atom stereocenters. The van der Waals surface area contributed by atoms with Gasteiger partial charge in [-0.15, -0.1) is 0 Å². The van der Waals surface area contributed by atoms with E-state index in [1.807, 2.05) is 0 Å². The second kappa shape index (κ2) is 5.23. The minimum absolute atomic E-state index is 0.271. The second-order valence-electron chi connectivity index (χ2n) is 4.00. The van der Waals surface area contributed by atoms with Crippen LogP contribution < -0.4 is 5.32 Å². The molecule has 0 saturated heterocycles. The summed E-state index contributed by atoms with van der Waals surface area (Å²) in [6.45, 7) is 1.96. The van der Waals surface area contributed by atoms with Crippen molar-refractivity contribution < 1.29 is 9.18 Å². The van der Waals surface area contributed by atoms with E-state index < -0.39 is 0 Å². The average Bonchev–Trinajstić information content (AvgIpc) is 2.77. The van der Waals surface area contributed by atoms with Crippen LogP contribution in [0.4, 0.5) is 4.39 Å². The molecule has 0 unspecified atom stereocenters. The largest absolute Gasteiger partial charge is 0.356 e. The minimum atomic E-state index is -0.275. The summed E-state index contributed by atoms with van der Waals surface area (Å²) in [7, 11) is 0. The van der Waals surface area contributed by atoms with Crippen molar-refractivity contribution in [3.8, 4) is 0 Å². The van der Waals surface area contributed by atoms with E-state index in [-0.39, 0.29) is 18.3 Å². The van der Waals surface area contributed by atoms with Crippen molar-refractivity contribution >= 4 is 17.5 Å². The van der Waals surface area contributed by atoms with E-state index in [4.69, 9.17) is 11.6 Å². The maximum Gasteiger partial charge on any atom is 0.268 e. The van der Waals surface area contributed by atoms with Gasteiger partial charge in [0.15, 0.2) is 0 Å². The van der Waals surface area contributed by atoms with Gasteiger partial charge in [0.2, 0.25) is 0 Å². The van der Waals surface area contributed by atoms with Crippen LogP contribution in [0.1, 0.15) is 21.6 Å². The first-order chi connectivity index (χ1) is 8.56. The quantitative estimate of drug-likeness (QED) is 0.881. The molecule has 0 spiro atoms. The van der Waals surface area contributed by atoms with E-state index in [0.29, 0.717) is 21.8 Å². The molecule has 1 aromatic carbocycles. The molecule has 2 rings (SSSR count). The van der Waals surface area contributed by atoms with Crippen LogP contribution >= 0.6 is 11.6 Å². The Balaban J connectivity index is 1.99. The summed E-state index contributed by atoms with van der Waals surface area (Å²) in [6, 6.07) is 6.41. The highest BCUT2D eigenvalue weighted by Gasteiger charge is 2.07. The third kappa shape index (κ3) is 2.90. The van der Waals surface area contributed by atoms with Crippen LogP contribution in [-0.4, -0.2) is 10.9 Å². The Kier molecular flexibility index (Phi) is 3.67. The van der Waals surface area contributed by atoms with Gasteiger partial charge in [-0.1, -0.05) is 23.7 Å². The highest BCUT2D eigenvalue weighted by atomic mass is 35.5. The molecule has 2 aromatic rings. The molecule has 1 heterocycles. The number of carbonyl (C=O) groups excluding carboxylic acids is 1. The van der Waals surface area contributed by atoms with Gasteiger partial charge in [-0.25, -0.2) is 4.39 Å². The molecule has 2 N–H and O–H groups in total. The molecule has 0 aliphatic carbocycles. The molecule has 0 aliphatic rings. The van der Waals surface area contributed by atoms with E-state index >= 15 is 0 Å². The Morgan fingerprint density at radius 3 is 2.83 bits per heavy atom. The molecular formula is C13H12ClFN2O. The summed E-state index contributed by atoms with van der Waals surface area (Å²) in [5.41, 5.74) is 1.68. The van der Waals surface area contributed by atoms with Gasteiger partial charge in [-0.3, -0.25) is 4.79 Å². The lowest BCUT2D eigenvalue weighted by molar-refractivity contribution is 0.0946. The van der Waals surface area contributed by atoms with Crippen LogP contribution in [0.5, 0.6) is 0 Å². The molecule has 0 radical (unpaired) electrons. The summed E-state index contributed by atoms with van der Waals surface area (Å²) in [6.07, 6.45) is 1.53. The van der Waals surface area contributed by atoms with Gasteiger partial charge in [0.1, 0.15) is 11.5 Å². The number of nitrogens with one attached hydrogen (secondary N) is 2. The first-order valence-corrected chi connectivity index (χ1v) is 5.81. The number of amides is 1. The molecule has 0 saturated carbocycles. The van der Waals surface area contributed by atoms with Gasteiger partial charge in [0.05, 0.1) is 5.02 Å². The van der Waals surface area contributed by atoms with Crippen LogP contribution in [0.2, 0.25) is 5.02 Å². The van der Waals surface area contributed by atoms with Crippen molar-refractivity contribution in [1.29, 1.82) is 0 Å². The number of benzene rings is 1. The number of aryl methyl sites for hydroxylation is 1. The van der Waals surface area contributed by atoms with Crippen molar-refractivity contribution in [3.63, 3.8) is 0 Å². The lowest BCUT2D eigenvalue weighted by Crippen LogP contribution is -2.23. The SMILES string of the molecule is Cc1ccc(CNC(=O)c2cc(Cl)c[nH]2)cc1F. The van der Waals surface area contributed by atoms with Gasteiger partial charge in [-0.05, 0) is 30.2 Å². The molecule has 0 bridgehead atoms. The van der Waals surface area contributed by atoms with Crippen LogP contribution in [0.3, 0.4) is 0 Å². The van der Waals surface area contributed by atoms with Crippen LogP contribution in [0, 0.1) is 12.7 Å². The van der Waals surface area contributed by atoms with Gasteiger partial charge in [0.25, 0.3) is 5.91 Å². The van der Waals surface area contributed by atoms with Crippen molar-refractivity contribution in [2.24, 2.45) is 0 Å². The Morgan fingerprint density at radius 1 is 1.44 bits per heavy atom. The third-order valence-electron chi connectivity index (χ3n) is 2.58. The number of hydrogen-bond acceptors (Lipinski definition) is 1. The van der Waals surface area contributed by atoms with Crippen LogP contribution in [-0.2, 0) is 6.54 Å². The number of carbonyl (C=O) groups is 1. The third-order valence-corrected chi connectivity index (χ3v) is 2.80. The number of aromatic amines is 1. The predicted octanol–water partition coefficient (Wildman–Crippen LogP) is 3.05. The molecule has 18 heavy (non-hydrogen) atoms. The molecule has 0 aliphatic heterocycles. The second-order valence-corrected chi connectivity index (χ2v) is 4.43. The van der Waals surface area contributed by atoms with Crippen LogP contribution in [0.15, 0.2) is 30.5 Å². The van der Waals surface area contributed by atoms with Gasteiger partial charge in [0, 0.05) is 12.7 Å². The molecule has 0 fully saturated rings. The topological polar surface area (TPSA) is 44.9 Å². The minimum Gasteiger partial charge on any atom is -0.356 e. The molecular weight excluding hydrogens is 255 g/mol. The summed E-state index contributed by atoms with van der Waals surface area (Å²) >= 11 is 5.70. The summed E-state index contributed by atoms with van der Waals surface area (Å²) in [5, 5.41) is 3.15. The molecule has 5 heteroatoms. The summed E-state index contributed by atoms with van der Waals surface area (Å²) in [5.74, 6) is -0.549. The highest BCUT2D eigenvalue weighted by molar-refractivity contribution is 6.30. The summed E-state index contributed by atoms with van der Waals surface area (Å²) in [4.78, 5) is 14.4. The number of H-pyrrole nitrogens is 1. The van der Waals surface area contributed by atoms with Crippen LogP contribution in [0.25, 0.3) is 0 Å². The monoisotopic (exact) mass is 266 g/mol.